The van der Waals surface area contributed by atoms with Crippen LogP contribution in [-0.4, -0.2) is 18.7 Å². The highest BCUT2D eigenvalue weighted by Crippen LogP contribution is 2.27. The number of rotatable bonds is 2. The van der Waals surface area contributed by atoms with E-state index in [1.807, 2.05) is 0 Å². The van der Waals surface area contributed by atoms with Crippen molar-refractivity contribution < 1.29 is 4.74 Å². The lowest BCUT2D eigenvalue weighted by Crippen LogP contribution is -2.40. The van der Waals surface area contributed by atoms with Crippen molar-refractivity contribution in [2.24, 2.45) is 0 Å². The molecule has 0 radical (unpaired) electrons. The molecule has 1 heterocycles. The summed E-state index contributed by atoms with van der Waals surface area (Å²) in [4.78, 5) is 0. The molecule has 1 aromatic carbocycles. The zero-order valence-electron chi connectivity index (χ0n) is 10.5. The molecule has 1 fully saturated rings. The summed E-state index contributed by atoms with van der Waals surface area (Å²) in [6.07, 6.45) is 6.43. The number of benzene rings is 1. The van der Waals surface area contributed by atoms with E-state index < -0.39 is 0 Å². The number of ether oxygens (including phenoxy) is 1. The van der Waals surface area contributed by atoms with Gasteiger partial charge in [0.25, 0.3) is 0 Å². The summed E-state index contributed by atoms with van der Waals surface area (Å²) in [5.74, 6) is 1.07. The highest BCUT2D eigenvalue weighted by Gasteiger charge is 2.20. The van der Waals surface area contributed by atoms with Gasteiger partial charge in [-0.15, -0.1) is 0 Å². The molecule has 2 unspecified atom stereocenters. The van der Waals surface area contributed by atoms with Crippen molar-refractivity contribution >= 4 is 0 Å². The van der Waals surface area contributed by atoms with E-state index >= 15 is 0 Å². The Kier molecular flexibility index (Phi) is 3.06. The quantitative estimate of drug-likeness (QED) is 0.845. The predicted molar refractivity (Wildman–Crippen MR) is 69.6 cm³/mol. The Labute approximate surface area is 103 Å². The van der Waals surface area contributed by atoms with Crippen molar-refractivity contribution in [3.63, 3.8) is 0 Å². The van der Waals surface area contributed by atoms with E-state index in [2.05, 4.69) is 30.4 Å². The second-order valence-electron chi connectivity index (χ2n) is 5.40. The first-order valence-corrected chi connectivity index (χ1v) is 6.83. The van der Waals surface area contributed by atoms with Crippen molar-refractivity contribution in [1.82, 2.24) is 5.32 Å². The Hall–Kier alpha value is -1.02. The SMILES string of the molecule is CC1CC(Oc2ccc3c(c2)CCC3)CCN1. The van der Waals surface area contributed by atoms with E-state index in [1.54, 1.807) is 0 Å². The molecule has 1 aromatic rings. The van der Waals surface area contributed by atoms with Gasteiger partial charge in [0, 0.05) is 6.04 Å². The summed E-state index contributed by atoms with van der Waals surface area (Å²) < 4.78 is 6.11. The second kappa shape index (κ2) is 4.69. The Bertz CT molecular complexity index is 402. The van der Waals surface area contributed by atoms with Crippen LogP contribution in [0.3, 0.4) is 0 Å². The van der Waals surface area contributed by atoms with Crippen LogP contribution in [0.15, 0.2) is 18.2 Å². The standard InChI is InChI=1S/C15H21NO/c1-11-9-15(7-8-16-11)17-14-6-5-12-3-2-4-13(12)10-14/h5-6,10-11,15-16H,2-4,7-9H2,1H3. The molecule has 1 N–H and O–H groups in total. The molecule has 1 aliphatic carbocycles. The van der Waals surface area contributed by atoms with E-state index in [1.165, 1.54) is 30.4 Å². The van der Waals surface area contributed by atoms with Crippen molar-refractivity contribution in [3.8, 4) is 5.75 Å². The van der Waals surface area contributed by atoms with Crippen LogP contribution in [0.25, 0.3) is 0 Å². The van der Waals surface area contributed by atoms with Crippen LogP contribution in [0.2, 0.25) is 0 Å². The summed E-state index contributed by atoms with van der Waals surface area (Å²) in [5.41, 5.74) is 3.03. The molecule has 1 saturated heterocycles. The van der Waals surface area contributed by atoms with Gasteiger partial charge in [0.1, 0.15) is 11.9 Å². The fourth-order valence-electron chi connectivity index (χ4n) is 3.01. The second-order valence-corrected chi connectivity index (χ2v) is 5.40. The molecule has 1 aliphatic heterocycles. The highest BCUT2D eigenvalue weighted by atomic mass is 16.5. The van der Waals surface area contributed by atoms with Gasteiger partial charge in [-0.2, -0.15) is 0 Å². The number of fused-ring (bicyclic) bond motifs is 1. The molecule has 0 spiro atoms. The van der Waals surface area contributed by atoms with E-state index in [0.29, 0.717) is 12.1 Å². The monoisotopic (exact) mass is 231 g/mol. The van der Waals surface area contributed by atoms with E-state index in [0.717, 1.165) is 25.1 Å². The van der Waals surface area contributed by atoms with Crippen LogP contribution in [-0.2, 0) is 12.8 Å². The minimum absolute atomic E-state index is 0.394. The first kappa shape index (κ1) is 11.1. The zero-order valence-corrected chi connectivity index (χ0v) is 10.5. The maximum absolute atomic E-state index is 6.11. The lowest BCUT2D eigenvalue weighted by molar-refractivity contribution is 0.144. The number of hydrogen-bond acceptors (Lipinski definition) is 2. The Morgan fingerprint density at radius 2 is 2.12 bits per heavy atom. The Balaban J connectivity index is 1.68. The van der Waals surface area contributed by atoms with Crippen molar-refractivity contribution in [3.05, 3.63) is 29.3 Å². The lowest BCUT2D eigenvalue weighted by Gasteiger charge is -2.28. The molecule has 2 aliphatic rings. The minimum Gasteiger partial charge on any atom is -0.490 e. The Morgan fingerprint density at radius 1 is 1.24 bits per heavy atom. The van der Waals surface area contributed by atoms with E-state index in [9.17, 15) is 0 Å². The molecule has 3 rings (SSSR count). The van der Waals surface area contributed by atoms with Crippen LogP contribution >= 0.6 is 0 Å². The average molecular weight is 231 g/mol. The molecular formula is C15H21NO. The normalized spacial score (nSPS) is 27.8. The maximum atomic E-state index is 6.11. The number of aryl methyl sites for hydroxylation is 2. The third-order valence-electron chi connectivity index (χ3n) is 3.95. The molecule has 2 atom stereocenters. The predicted octanol–water partition coefficient (Wildman–Crippen LogP) is 2.69. The molecule has 0 amide bonds. The molecule has 2 nitrogen and oxygen atoms in total. The van der Waals surface area contributed by atoms with E-state index in [4.69, 9.17) is 4.74 Å². The van der Waals surface area contributed by atoms with Crippen LogP contribution < -0.4 is 10.1 Å². The van der Waals surface area contributed by atoms with Crippen molar-refractivity contribution in [1.29, 1.82) is 0 Å². The zero-order chi connectivity index (χ0) is 11.7. The van der Waals surface area contributed by atoms with Gasteiger partial charge in [-0.05, 0) is 68.8 Å². The van der Waals surface area contributed by atoms with E-state index in [-0.39, 0.29) is 0 Å². The van der Waals surface area contributed by atoms with Crippen LogP contribution in [0.5, 0.6) is 5.75 Å². The molecule has 17 heavy (non-hydrogen) atoms. The fourth-order valence-corrected chi connectivity index (χ4v) is 3.01. The fraction of sp³-hybridized carbons (Fsp3) is 0.600. The summed E-state index contributed by atoms with van der Waals surface area (Å²) >= 11 is 0. The van der Waals surface area contributed by atoms with Gasteiger partial charge in [0.05, 0.1) is 0 Å². The van der Waals surface area contributed by atoms with Gasteiger partial charge in [0.2, 0.25) is 0 Å². The molecule has 92 valence electrons. The lowest BCUT2D eigenvalue weighted by atomic mass is 10.0. The smallest absolute Gasteiger partial charge is 0.120 e. The molecule has 0 bridgehead atoms. The van der Waals surface area contributed by atoms with Gasteiger partial charge >= 0.3 is 0 Å². The van der Waals surface area contributed by atoms with Gasteiger partial charge in [0.15, 0.2) is 0 Å². The summed E-state index contributed by atoms with van der Waals surface area (Å²) in [6.45, 7) is 3.31. The van der Waals surface area contributed by atoms with Gasteiger partial charge in [-0.25, -0.2) is 0 Å². The van der Waals surface area contributed by atoms with Crippen molar-refractivity contribution in [2.45, 2.75) is 51.2 Å². The molecular weight excluding hydrogens is 210 g/mol. The van der Waals surface area contributed by atoms with Crippen LogP contribution in [0, 0.1) is 0 Å². The number of hydrogen-bond donors (Lipinski definition) is 1. The molecule has 0 aromatic heterocycles. The van der Waals surface area contributed by atoms with Crippen LogP contribution in [0.4, 0.5) is 0 Å². The summed E-state index contributed by atoms with van der Waals surface area (Å²) in [7, 11) is 0. The topological polar surface area (TPSA) is 21.3 Å². The number of piperidine rings is 1. The van der Waals surface area contributed by atoms with Gasteiger partial charge in [-0.1, -0.05) is 6.07 Å². The number of nitrogens with one attached hydrogen (secondary N) is 1. The van der Waals surface area contributed by atoms with Crippen molar-refractivity contribution in [2.75, 3.05) is 6.54 Å². The summed E-state index contributed by atoms with van der Waals surface area (Å²) in [5, 5.41) is 3.46. The third-order valence-corrected chi connectivity index (χ3v) is 3.95. The largest absolute Gasteiger partial charge is 0.490 e. The van der Waals surface area contributed by atoms with Gasteiger partial charge in [-0.3, -0.25) is 0 Å². The Morgan fingerprint density at radius 3 is 3.00 bits per heavy atom. The first-order valence-electron chi connectivity index (χ1n) is 6.83. The first-order chi connectivity index (χ1) is 8.31. The third kappa shape index (κ3) is 2.47. The highest BCUT2D eigenvalue weighted by molar-refractivity contribution is 5.38. The molecule has 2 heteroatoms. The average Bonchev–Trinajstić information content (AvgIpc) is 2.76. The minimum atomic E-state index is 0.394. The van der Waals surface area contributed by atoms with Gasteiger partial charge < -0.3 is 10.1 Å². The summed E-state index contributed by atoms with van der Waals surface area (Å²) in [6, 6.07) is 7.25. The maximum Gasteiger partial charge on any atom is 0.120 e. The molecule has 0 saturated carbocycles. The van der Waals surface area contributed by atoms with Crippen LogP contribution in [0.1, 0.15) is 37.3 Å².